The van der Waals surface area contributed by atoms with Crippen LogP contribution in [0.15, 0.2) is 17.0 Å². The zero-order valence-electron chi connectivity index (χ0n) is 11.4. The minimum atomic E-state index is -0.158. The van der Waals surface area contributed by atoms with Gasteiger partial charge in [0, 0.05) is 17.1 Å². The highest BCUT2D eigenvalue weighted by Gasteiger charge is 2.32. The Hall–Kier alpha value is -0.750. The molecule has 7 heteroatoms. The molecule has 0 bridgehead atoms. The first-order valence-electron chi connectivity index (χ1n) is 6.23. The first-order chi connectivity index (χ1) is 9.79. The van der Waals surface area contributed by atoms with E-state index >= 15 is 0 Å². The molecule has 1 N–H and O–H groups in total. The molecule has 112 valence electrons. The third kappa shape index (κ3) is 3.72. The Morgan fingerprint density at radius 3 is 2.71 bits per heavy atom. The van der Waals surface area contributed by atoms with Crippen LogP contribution in [0.4, 0.5) is 0 Å². The molecular weight excluding hydrogens is 349 g/mol. The van der Waals surface area contributed by atoms with Crippen molar-refractivity contribution >= 4 is 63.5 Å². The van der Waals surface area contributed by atoms with Crippen LogP contribution in [0.1, 0.15) is 19.4 Å². The van der Waals surface area contributed by atoms with Crippen molar-refractivity contribution in [3.8, 4) is 5.75 Å². The summed E-state index contributed by atoms with van der Waals surface area (Å²) in [7, 11) is 0. The van der Waals surface area contributed by atoms with Gasteiger partial charge in [0.1, 0.15) is 10.1 Å². The number of nitrogens with zero attached hydrogens (tertiary/aromatic N) is 1. The van der Waals surface area contributed by atoms with Crippen LogP contribution >= 0.6 is 47.2 Å². The van der Waals surface area contributed by atoms with E-state index in [1.54, 1.807) is 17.0 Å². The number of rotatable bonds is 3. The van der Waals surface area contributed by atoms with Crippen LogP contribution in [0.2, 0.25) is 10.0 Å². The van der Waals surface area contributed by atoms with Crippen molar-refractivity contribution in [2.75, 3.05) is 6.54 Å². The number of amides is 1. The second-order valence-electron chi connectivity index (χ2n) is 5.01. The Morgan fingerprint density at radius 2 is 2.10 bits per heavy atom. The van der Waals surface area contributed by atoms with Gasteiger partial charge in [-0.15, -0.1) is 0 Å². The summed E-state index contributed by atoms with van der Waals surface area (Å²) in [5, 5.41) is 10.5. The van der Waals surface area contributed by atoms with Crippen LogP contribution < -0.4 is 0 Å². The van der Waals surface area contributed by atoms with E-state index in [-0.39, 0.29) is 16.7 Å². The van der Waals surface area contributed by atoms with Gasteiger partial charge in [0.2, 0.25) is 0 Å². The lowest BCUT2D eigenvalue weighted by Gasteiger charge is -2.16. The number of phenolic OH excluding ortho intramolecular Hbond substituents is 1. The van der Waals surface area contributed by atoms with Gasteiger partial charge in [0.05, 0.1) is 9.93 Å². The normalized spacial score (nSPS) is 17.4. The molecule has 0 unspecified atom stereocenters. The smallest absolute Gasteiger partial charge is 0.266 e. The number of carbonyl (C=O) groups is 1. The van der Waals surface area contributed by atoms with E-state index in [9.17, 15) is 9.90 Å². The van der Waals surface area contributed by atoms with Crippen molar-refractivity contribution in [1.82, 2.24) is 4.90 Å². The Morgan fingerprint density at radius 1 is 1.43 bits per heavy atom. The quantitative estimate of drug-likeness (QED) is 0.632. The van der Waals surface area contributed by atoms with Gasteiger partial charge in [0.25, 0.3) is 5.91 Å². The lowest BCUT2D eigenvalue weighted by atomic mass is 10.1. The van der Waals surface area contributed by atoms with E-state index in [0.29, 0.717) is 32.3 Å². The van der Waals surface area contributed by atoms with Gasteiger partial charge in [0.15, 0.2) is 0 Å². The van der Waals surface area contributed by atoms with E-state index in [2.05, 4.69) is 0 Å². The molecule has 1 fully saturated rings. The molecule has 1 heterocycles. The molecule has 0 aliphatic carbocycles. The van der Waals surface area contributed by atoms with Crippen LogP contribution in [-0.2, 0) is 4.79 Å². The van der Waals surface area contributed by atoms with Crippen LogP contribution in [0.3, 0.4) is 0 Å². The summed E-state index contributed by atoms with van der Waals surface area (Å²) >= 11 is 18.2. The van der Waals surface area contributed by atoms with Gasteiger partial charge in [-0.25, -0.2) is 0 Å². The van der Waals surface area contributed by atoms with E-state index < -0.39 is 0 Å². The Bertz CT molecular complexity index is 644. The SMILES string of the molecule is CC(C)CN1C(=O)/C(=C/c2cc(Cl)cc(Cl)c2O)SC1=S. The number of benzene rings is 1. The summed E-state index contributed by atoms with van der Waals surface area (Å²) in [6.07, 6.45) is 1.56. The largest absolute Gasteiger partial charge is 0.506 e. The van der Waals surface area contributed by atoms with E-state index in [1.165, 1.54) is 17.8 Å². The molecule has 1 aromatic carbocycles. The third-order valence-corrected chi connectivity index (χ3v) is 4.65. The molecule has 0 atom stereocenters. The molecule has 0 aromatic heterocycles. The first-order valence-corrected chi connectivity index (χ1v) is 8.21. The topological polar surface area (TPSA) is 40.5 Å². The van der Waals surface area contributed by atoms with E-state index in [0.717, 1.165) is 0 Å². The average Bonchev–Trinajstić information content (AvgIpc) is 2.63. The number of carbonyl (C=O) groups excluding carboxylic acids is 1. The number of thioether (sulfide) groups is 1. The molecule has 21 heavy (non-hydrogen) atoms. The van der Waals surface area contributed by atoms with Gasteiger partial charge in [-0.05, 0) is 24.1 Å². The van der Waals surface area contributed by atoms with Crippen LogP contribution in [0.25, 0.3) is 6.08 Å². The number of hydrogen-bond acceptors (Lipinski definition) is 4. The maximum Gasteiger partial charge on any atom is 0.266 e. The monoisotopic (exact) mass is 361 g/mol. The van der Waals surface area contributed by atoms with Gasteiger partial charge >= 0.3 is 0 Å². The molecule has 1 aliphatic rings. The summed E-state index contributed by atoms with van der Waals surface area (Å²) < 4.78 is 0.521. The molecule has 1 aromatic rings. The van der Waals surface area contributed by atoms with Crippen molar-refractivity contribution in [3.63, 3.8) is 0 Å². The van der Waals surface area contributed by atoms with Gasteiger partial charge < -0.3 is 5.11 Å². The Balaban J connectivity index is 2.35. The Labute approximate surface area is 142 Å². The van der Waals surface area contributed by atoms with Gasteiger partial charge in [-0.1, -0.05) is 61.0 Å². The predicted molar refractivity (Wildman–Crippen MR) is 92.8 cm³/mol. The molecule has 2 rings (SSSR count). The Kier molecular flexibility index (Phi) is 5.20. The second-order valence-corrected chi connectivity index (χ2v) is 7.53. The standard InChI is InChI=1S/C14H13Cl2NO2S2/c1-7(2)6-17-13(19)11(21-14(17)20)4-8-3-9(15)5-10(16)12(8)18/h3-5,7,18H,6H2,1-2H3/b11-4-. The van der Waals surface area contributed by atoms with E-state index in [1.807, 2.05) is 13.8 Å². The van der Waals surface area contributed by atoms with Crippen molar-refractivity contribution in [3.05, 3.63) is 32.6 Å². The molecule has 0 spiro atoms. The number of hydrogen-bond donors (Lipinski definition) is 1. The minimum absolute atomic E-state index is 0.102. The van der Waals surface area contributed by atoms with Crippen LogP contribution in [0, 0.1) is 5.92 Å². The maximum absolute atomic E-state index is 12.3. The van der Waals surface area contributed by atoms with Crippen LogP contribution in [0.5, 0.6) is 5.75 Å². The average molecular weight is 362 g/mol. The number of halogens is 2. The molecule has 1 amide bonds. The van der Waals surface area contributed by atoms with Crippen molar-refractivity contribution in [2.45, 2.75) is 13.8 Å². The van der Waals surface area contributed by atoms with E-state index in [4.69, 9.17) is 35.4 Å². The van der Waals surface area contributed by atoms with Gasteiger partial charge in [-0.3, -0.25) is 9.69 Å². The zero-order valence-corrected chi connectivity index (χ0v) is 14.5. The molecule has 0 radical (unpaired) electrons. The summed E-state index contributed by atoms with van der Waals surface area (Å²) in [6, 6.07) is 3.00. The van der Waals surface area contributed by atoms with Crippen LogP contribution in [-0.4, -0.2) is 26.8 Å². The first kappa shape index (κ1) is 16.6. The molecular formula is C14H13Cl2NO2S2. The summed E-state index contributed by atoms with van der Waals surface area (Å²) in [6.45, 7) is 4.61. The molecule has 1 aliphatic heterocycles. The number of aromatic hydroxyl groups is 1. The maximum atomic E-state index is 12.3. The highest BCUT2D eigenvalue weighted by Crippen LogP contribution is 2.37. The number of thiocarbonyl (C=S) groups is 1. The lowest BCUT2D eigenvalue weighted by molar-refractivity contribution is -0.122. The molecule has 1 saturated heterocycles. The predicted octanol–water partition coefficient (Wildman–Crippen LogP) is 4.56. The van der Waals surface area contributed by atoms with Gasteiger partial charge in [-0.2, -0.15) is 0 Å². The van der Waals surface area contributed by atoms with Crippen molar-refractivity contribution in [2.24, 2.45) is 5.92 Å². The second kappa shape index (κ2) is 6.57. The lowest BCUT2D eigenvalue weighted by Crippen LogP contribution is -2.31. The third-order valence-electron chi connectivity index (χ3n) is 2.77. The summed E-state index contributed by atoms with van der Waals surface area (Å²) in [4.78, 5) is 14.4. The minimum Gasteiger partial charge on any atom is -0.506 e. The highest BCUT2D eigenvalue weighted by molar-refractivity contribution is 8.26. The molecule has 0 saturated carbocycles. The molecule has 3 nitrogen and oxygen atoms in total. The van der Waals surface area contributed by atoms with Crippen molar-refractivity contribution in [1.29, 1.82) is 0 Å². The summed E-state index contributed by atoms with van der Waals surface area (Å²) in [5.41, 5.74) is 0.401. The fourth-order valence-corrected chi connectivity index (χ4v) is 3.63. The highest BCUT2D eigenvalue weighted by atomic mass is 35.5. The van der Waals surface area contributed by atoms with Crippen molar-refractivity contribution < 1.29 is 9.90 Å². The number of phenols is 1. The fourth-order valence-electron chi connectivity index (χ4n) is 1.86. The zero-order chi connectivity index (χ0) is 15.7. The summed E-state index contributed by atoms with van der Waals surface area (Å²) in [5.74, 6) is 0.0604. The fraction of sp³-hybridized carbons (Fsp3) is 0.286.